The minimum absolute atomic E-state index is 0.0618. The predicted octanol–water partition coefficient (Wildman–Crippen LogP) is 2.39. The number of nitrogens with two attached hydrogens (primary N) is 1. The molecule has 128 valence electrons. The number of hydrogen-bond acceptors (Lipinski definition) is 3. The number of nitrogens with zero attached hydrogens (tertiary/aromatic N) is 1. The van der Waals surface area contributed by atoms with E-state index in [4.69, 9.17) is 5.73 Å². The Hall–Kier alpha value is -1.83. The summed E-state index contributed by atoms with van der Waals surface area (Å²) >= 11 is 0. The van der Waals surface area contributed by atoms with Crippen LogP contribution in [0.1, 0.15) is 17.0 Å². The fourth-order valence-corrected chi connectivity index (χ4v) is 4.57. The van der Waals surface area contributed by atoms with Crippen molar-refractivity contribution in [2.45, 2.75) is 23.8 Å². The molecule has 2 aromatic rings. The van der Waals surface area contributed by atoms with Crippen LogP contribution in [0.15, 0.2) is 47.4 Å². The first kappa shape index (κ1) is 17.0. The summed E-state index contributed by atoms with van der Waals surface area (Å²) in [6, 6.07) is 10.6. The van der Waals surface area contributed by atoms with Gasteiger partial charge < -0.3 is 5.73 Å². The van der Waals surface area contributed by atoms with Crippen LogP contribution in [0.5, 0.6) is 0 Å². The zero-order valence-electron chi connectivity index (χ0n) is 13.1. The average molecular weight is 352 g/mol. The molecule has 7 heteroatoms. The smallest absolute Gasteiger partial charge is 0.246 e. The lowest BCUT2D eigenvalue weighted by Gasteiger charge is -2.17. The van der Waals surface area contributed by atoms with Crippen molar-refractivity contribution in [1.82, 2.24) is 4.31 Å². The van der Waals surface area contributed by atoms with Gasteiger partial charge in [-0.25, -0.2) is 17.2 Å². The maximum atomic E-state index is 14.1. The first-order chi connectivity index (χ1) is 11.3. The molecule has 0 aliphatic carbocycles. The first-order valence-electron chi connectivity index (χ1n) is 7.57. The van der Waals surface area contributed by atoms with Gasteiger partial charge in [0.25, 0.3) is 0 Å². The molecular formula is C17H18F2N2O2S. The van der Waals surface area contributed by atoms with Gasteiger partial charge in [-0.1, -0.05) is 30.3 Å². The van der Waals surface area contributed by atoms with Gasteiger partial charge in [0.1, 0.15) is 16.5 Å². The molecule has 2 atom stereocenters. The topological polar surface area (TPSA) is 63.4 Å². The van der Waals surface area contributed by atoms with E-state index >= 15 is 0 Å². The summed E-state index contributed by atoms with van der Waals surface area (Å²) in [5, 5.41) is 0. The molecule has 24 heavy (non-hydrogen) atoms. The molecule has 0 radical (unpaired) electrons. The molecule has 0 unspecified atom stereocenters. The summed E-state index contributed by atoms with van der Waals surface area (Å²) in [7, 11) is -4.14. The van der Waals surface area contributed by atoms with Crippen LogP contribution in [0, 0.1) is 18.6 Å². The monoisotopic (exact) mass is 352 g/mol. The normalized spacial score (nSPS) is 22.0. The number of rotatable bonds is 3. The van der Waals surface area contributed by atoms with Gasteiger partial charge in [0.15, 0.2) is 0 Å². The van der Waals surface area contributed by atoms with Crippen molar-refractivity contribution in [1.29, 1.82) is 0 Å². The minimum Gasteiger partial charge on any atom is -0.326 e. The molecule has 0 saturated carbocycles. The summed E-state index contributed by atoms with van der Waals surface area (Å²) in [5.74, 6) is -1.89. The fraction of sp³-hybridized carbons (Fsp3) is 0.294. The second kappa shape index (κ2) is 6.23. The number of sulfonamides is 1. The largest absolute Gasteiger partial charge is 0.326 e. The highest BCUT2D eigenvalue weighted by Gasteiger charge is 2.39. The molecule has 2 aromatic carbocycles. The van der Waals surface area contributed by atoms with E-state index in [1.807, 2.05) is 30.3 Å². The lowest BCUT2D eigenvalue weighted by molar-refractivity contribution is 0.461. The van der Waals surface area contributed by atoms with E-state index in [1.165, 1.54) is 6.92 Å². The van der Waals surface area contributed by atoms with Gasteiger partial charge in [-0.05, 0) is 30.2 Å². The van der Waals surface area contributed by atoms with Crippen LogP contribution in [-0.4, -0.2) is 31.9 Å². The first-order valence-corrected chi connectivity index (χ1v) is 9.01. The van der Waals surface area contributed by atoms with Crippen LogP contribution in [0.2, 0.25) is 0 Å². The molecule has 1 aliphatic rings. The molecule has 1 fully saturated rings. The van der Waals surface area contributed by atoms with Crippen molar-refractivity contribution in [3.05, 3.63) is 65.2 Å². The van der Waals surface area contributed by atoms with E-state index < -0.39 is 32.6 Å². The Kier molecular flexibility index (Phi) is 4.42. The Balaban J connectivity index is 1.93. The van der Waals surface area contributed by atoms with Gasteiger partial charge >= 0.3 is 0 Å². The van der Waals surface area contributed by atoms with E-state index in [-0.39, 0.29) is 24.6 Å². The third kappa shape index (κ3) is 2.94. The van der Waals surface area contributed by atoms with Crippen molar-refractivity contribution in [2.75, 3.05) is 13.1 Å². The van der Waals surface area contributed by atoms with Crippen molar-refractivity contribution < 1.29 is 17.2 Å². The molecule has 4 nitrogen and oxygen atoms in total. The van der Waals surface area contributed by atoms with Crippen molar-refractivity contribution >= 4 is 10.0 Å². The Bertz CT molecular complexity index is 856. The van der Waals surface area contributed by atoms with Crippen molar-refractivity contribution in [2.24, 2.45) is 5.73 Å². The predicted molar refractivity (Wildman–Crippen MR) is 87.0 cm³/mol. The van der Waals surface area contributed by atoms with Crippen molar-refractivity contribution in [3.63, 3.8) is 0 Å². The molecule has 0 bridgehead atoms. The highest BCUT2D eigenvalue weighted by molar-refractivity contribution is 7.89. The van der Waals surface area contributed by atoms with Crippen molar-refractivity contribution in [3.8, 4) is 0 Å². The number of aryl methyl sites for hydroxylation is 1. The van der Waals surface area contributed by atoms with E-state index in [0.717, 1.165) is 22.0 Å². The molecule has 1 heterocycles. The highest BCUT2D eigenvalue weighted by atomic mass is 32.2. The third-order valence-corrected chi connectivity index (χ3v) is 6.24. The molecule has 0 spiro atoms. The Morgan fingerprint density at radius 3 is 2.42 bits per heavy atom. The van der Waals surface area contributed by atoms with Crippen LogP contribution < -0.4 is 5.73 Å². The standard InChI is InChI=1S/C17H18F2N2O2S/c1-11-7-15(19)17(8-14(11)18)24(22,23)21-9-13(16(20)10-21)12-5-3-2-4-6-12/h2-8,13,16H,9-10,20H2,1H3/t13-,16+/m0/s1. The quantitative estimate of drug-likeness (QED) is 0.923. The van der Waals surface area contributed by atoms with Gasteiger partial charge in [0.2, 0.25) is 10.0 Å². The zero-order chi connectivity index (χ0) is 17.5. The van der Waals surface area contributed by atoms with Gasteiger partial charge in [-0.3, -0.25) is 0 Å². The van der Waals surface area contributed by atoms with Crippen LogP contribution in [0.3, 0.4) is 0 Å². The summed E-state index contributed by atoms with van der Waals surface area (Å²) in [5.41, 5.74) is 7.09. The van der Waals surface area contributed by atoms with Crippen LogP contribution >= 0.6 is 0 Å². The van der Waals surface area contributed by atoms with E-state index in [2.05, 4.69) is 0 Å². The SMILES string of the molecule is Cc1cc(F)c(S(=O)(=O)N2C[C@@H](N)[C@H](c3ccccc3)C2)cc1F. The van der Waals surface area contributed by atoms with E-state index in [0.29, 0.717) is 0 Å². The minimum atomic E-state index is -4.14. The molecule has 3 rings (SSSR count). The maximum absolute atomic E-state index is 14.1. The summed E-state index contributed by atoms with van der Waals surface area (Å²) in [4.78, 5) is -0.647. The van der Waals surface area contributed by atoms with Gasteiger partial charge in [-0.15, -0.1) is 0 Å². The lowest BCUT2D eigenvalue weighted by atomic mass is 9.95. The number of hydrogen-bond donors (Lipinski definition) is 1. The Morgan fingerprint density at radius 1 is 1.08 bits per heavy atom. The Morgan fingerprint density at radius 2 is 1.75 bits per heavy atom. The highest BCUT2D eigenvalue weighted by Crippen LogP contribution is 2.31. The average Bonchev–Trinajstić information content (AvgIpc) is 2.94. The second-order valence-corrected chi connectivity index (χ2v) is 7.94. The van der Waals surface area contributed by atoms with Crippen LogP contribution in [0.4, 0.5) is 8.78 Å². The molecular weight excluding hydrogens is 334 g/mol. The summed E-state index contributed by atoms with van der Waals surface area (Å²) < 4.78 is 54.4. The zero-order valence-corrected chi connectivity index (χ0v) is 13.9. The molecule has 0 aromatic heterocycles. The third-order valence-electron chi connectivity index (χ3n) is 4.39. The molecule has 1 saturated heterocycles. The molecule has 2 N–H and O–H groups in total. The number of halogens is 2. The summed E-state index contributed by atoms with van der Waals surface area (Å²) in [6.45, 7) is 1.59. The van der Waals surface area contributed by atoms with Gasteiger partial charge in [-0.2, -0.15) is 4.31 Å². The molecule has 1 aliphatic heterocycles. The van der Waals surface area contributed by atoms with E-state index in [1.54, 1.807) is 0 Å². The lowest BCUT2D eigenvalue weighted by Crippen LogP contribution is -2.32. The maximum Gasteiger partial charge on any atom is 0.246 e. The van der Waals surface area contributed by atoms with Gasteiger partial charge in [0.05, 0.1) is 0 Å². The Labute approximate surface area is 139 Å². The van der Waals surface area contributed by atoms with Crippen LogP contribution in [-0.2, 0) is 10.0 Å². The molecule has 0 amide bonds. The van der Waals surface area contributed by atoms with Crippen LogP contribution in [0.25, 0.3) is 0 Å². The number of benzene rings is 2. The summed E-state index contributed by atoms with van der Waals surface area (Å²) in [6.07, 6.45) is 0. The van der Waals surface area contributed by atoms with Gasteiger partial charge in [0, 0.05) is 25.0 Å². The second-order valence-electron chi connectivity index (χ2n) is 6.03. The van der Waals surface area contributed by atoms with E-state index in [9.17, 15) is 17.2 Å². The fourth-order valence-electron chi connectivity index (χ4n) is 3.01.